The van der Waals surface area contributed by atoms with E-state index in [0.29, 0.717) is 6.54 Å². The molecule has 4 nitrogen and oxygen atoms in total. The normalized spacial score (nSPS) is 21.3. The lowest BCUT2D eigenvalue weighted by Crippen LogP contribution is -2.39. The quantitative estimate of drug-likeness (QED) is 0.669. The first-order valence-corrected chi connectivity index (χ1v) is 5.54. The third-order valence-electron chi connectivity index (χ3n) is 1.98. The molecule has 1 heterocycles. The van der Waals surface area contributed by atoms with E-state index in [-0.39, 0.29) is 6.42 Å². The van der Waals surface area contributed by atoms with Gasteiger partial charge in [-0.25, -0.2) is 0 Å². The molecule has 76 valence electrons. The lowest BCUT2D eigenvalue weighted by molar-refractivity contribution is -0.139. The van der Waals surface area contributed by atoms with Crippen molar-refractivity contribution in [2.75, 3.05) is 31.1 Å². The first-order valence-electron chi connectivity index (χ1n) is 4.38. The van der Waals surface area contributed by atoms with Crippen molar-refractivity contribution >= 4 is 17.7 Å². The Labute approximate surface area is 81.9 Å². The van der Waals surface area contributed by atoms with Gasteiger partial charge in [0.1, 0.15) is 0 Å². The number of hydrogen-bond acceptors (Lipinski definition) is 4. The summed E-state index contributed by atoms with van der Waals surface area (Å²) in [5.74, 6) is 1.23. The predicted molar refractivity (Wildman–Crippen MR) is 52.0 cm³/mol. The molecule has 0 aliphatic carbocycles. The fourth-order valence-corrected chi connectivity index (χ4v) is 2.33. The maximum absolute atomic E-state index is 10.3. The summed E-state index contributed by atoms with van der Waals surface area (Å²) in [5, 5.41) is 17.8. The molecule has 0 aromatic rings. The van der Waals surface area contributed by atoms with Crippen LogP contribution in [0.2, 0.25) is 0 Å². The Morgan fingerprint density at radius 2 is 2.08 bits per heavy atom. The topological polar surface area (TPSA) is 60.8 Å². The van der Waals surface area contributed by atoms with Crippen molar-refractivity contribution < 1.29 is 15.0 Å². The number of aliphatic hydroxyl groups excluding tert-OH is 1. The largest absolute Gasteiger partial charge is 0.481 e. The number of carboxylic acids is 1. The number of β-amino-alcohol motifs (C(OH)–C–C–N with tert-alkyl or cyclic N) is 1. The molecule has 0 aromatic heterocycles. The Balaban J connectivity index is 2.18. The third kappa shape index (κ3) is 4.50. The van der Waals surface area contributed by atoms with Crippen molar-refractivity contribution in [3.8, 4) is 0 Å². The van der Waals surface area contributed by atoms with E-state index in [4.69, 9.17) is 5.11 Å². The summed E-state index contributed by atoms with van der Waals surface area (Å²) >= 11 is 1.90. The van der Waals surface area contributed by atoms with Crippen LogP contribution in [-0.2, 0) is 4.79 Å². The molecule has 5 heteroatoms. The Morgan fingerprint density at radius 3 is 2.62 bits per heavy atom. The van der Waals surface area contributed by atoms with Crippen molar-refractivity contribution in [2.24, 2.45) is 0 Å². The van der Waals surface area contributed by atoms with Crippen LogP contribution in [0, 0.1) is 0 Å². The Bertz CT molecular complexity index is 171. The van der Waals surface area contributed by atoms with Crippen molar-refractivity contribution in [3.05, 3.63) is 0 Å². The van der Waals surface area contributed by atoms with Gasteiger partial charge < -0.3 is 10.2 Å². The minimum absolute atomic E-state index is 0.149. The number of thioether (sulfide) groups is 1. The Kier molecular flexibility index (Phi) is 4.55. The van der Waals surface area contributed by atoms with E-state index >= 15 is 0 Å². The van der Waals surface area contributed by atoms with Crippen LogP contribution < -0.4 is 0 Å². The highest BCUT2D eigenvalue weighted by atomic mass is 32.2. The standard InChI is InChI=1S/C8H15NO3S/c10-7(5-8(11)12)6-9-1-3-13-4-2-9/h7,10H,1-6H2,(H,11,12). The highest BCUT2D eigenvalue weighted by molar-refractivity contribution is 7.99. The summed E-state index contributed by atoms with van der Waals surface area (Å²) in [4.78, 5) is 12.4. The second-order valence-electron chi connectivity index (χ2n) is 3.16. The van der Waals surface area contributed by atoms with Gasteiger partial charge in [-0.2, -0.15) is 11.8 Å². The van der Waals surface area contributed by atoms with Gasteiger partial charge in [0.05, 0.1) is 12.5 Å². The molecule has 0 aromatic carbocycles. The summed E-state index contributed by atoms with van der Waals surface area (Å²) in [6.07, 6.45) is -0.871. The Hall–Kier alpha value is -0.260. The number of aliphatic hydroxyl groups is 1. The summed E-state index contributed by atoms with van der Waals surface area (Å²) in [7, 11) is 0. The van der Waals surface area contributed by atoms with E-state index in [1.54, 1.807) is 0 Å². The number of carboxylic acid groups (broad SMARTS) is 1. The van der Waals surface area contributed by atoms with Gasteiger partial charge >= 0.3 is 5.97 Å². The average Bonchev–Trinajstić information content (AvgIpc) is 2.04. The van der Waals surface area contributed by atoms with Crippen LogP contribution in [0.25, 0.3) is 0 Å². The number of aliphatic carboxylic acids is 1. The van der Waals surface area contributed by atoms with Crippen molar-refractivity contribution in [1.29, 1.82) is 0 Å². The highest BCUT2D eigenvalue weighted by Gasteiger charge is 2.16. The molecule has 2 N–H and O–H groups in total. The smallest absolute Gasteiger partial charge is 0.306 e. The zero-order chi connectivity index (χ0) is 9.68. The van der Waals surface area contributed by atoms with Gasteiger partial charge in [0.2, 0.25) is 0 Å². The van der Waals surface area contributed by atoms with Crippen molar-refractivity contribution in [2.45, 2.75) is 12.5 Å². The maximum atomic E-state index is 10.3. The SMILES string of the molecule is O=C(O)CC(O)CN1CCSCC1. The van der Waals surface area contributed by atoms with E-state index in [2.05, 4.69) is 4.90 Å². The molecular formula is C8H15NO3S. The molecule has 0 amide bonds. The molecule has 1 aliphatic rings. The van der Waals surface area contributed by atoms with Gasteiger partial charge in [-0.15, -0.1) is 0 Å². The molecular weight excluding hydrogens is 190 g/mol. The summed E-state index contributed by atoms with van der Waals surface area (Å²) in [6.45, 7) is 2.41. The molecule has 1 unspecified atom stereocenters. The lowest BCUT2D eigenvalue weighted by Gasteiger charge is -2.27. The van der Waals surface area contributed by atoms with Crippen LogP contribution in [0.4, 0.5) is 0 Å². The lowest BCUT2D eigenvalue weighted by atomic mass is 10.2. The van der Waals surface area contributed by atoms with E-state index in [1.165, 1.54) is 0 Å². The second kappa shape index (κ2) is 5.47. The first-order chi connectivity index (χ1) is 6.18. The van der Waals surface area contributed by atoms with E-state index in [0.717, 1.165) is 24.6 Å². The van der Waals surface area contributed by atoms with Crippen molar-refractivity contribution in [1.82, 2.24) is 4.90 Å². The molecule has 13 heavy (non-hydrogen) atoms. The Morgan fingerprint density at radius 1 is 1.46 bits per heavy atom. The number of hydrogen-bond donors (Lipinski definition) is 2. The zero-order valence-electron chi connectivity index (χ0n) is 7.48. The van der Waals surface area contributed by atoms with Crippen LogP contribution in [-0.4, -0.2) is 58.3 Å². The van der Waals surface area contributed by atoms with Crippen LogP contribution >= 0.6 is 11.8 Å². The molecule has 1 saturated heterocycles. The molecule has 1 fully saturated rings. The van der Waals surface area contributed by atoms with Crippen molar-refractivity contribution in [3.63, 3.8) is 0 Å². The van der Waals surface area contributed by atoms with Gasteiger partial charge in [-0.3, -0.25) is 9.69 Å². The highest BCUT2D eigenvalue weighted by Crippen LogP contribution is 2.09. The second-order valence-corrected chi connectivity index (χ2v) is 4.39. The zero-order valence-corrected chi connectivity index (χ0v) is 8.29. The van der Waals surface area contributed by atoms with E-state index in [1.807, 2.05) is 11.8 Å². The van der Waals surface area contributed by atoms with Gasteiger partial charge in [-0.05, 0) is 0 Å². The molecule has 1 rings (SSSR count). The molecule has 0 saturated carbocycles. The third-order valence-corrected chi connectivity index (χ3v) is 2.93. The van der Waals surface area contributed by atoms with Crippen LogP contribution in [0.3, 0.4) is 0 Å². The average molecular weight is 205 g/mol. The molecule has 0 spiro atoms. The van der Waals surface area contributed by atoms with Crippen LogP contribution in [0.5, 0.6) is 0 Å². The molecule has 0 radical (unpaired) electrons. The fraction of sp³-hybridized carbons (Fsp3) is 0.875. The predicted octanol–water partition coefficient (Wildman–Crippen LogP) is -0.129. The number of rotatable bonds is 4. The molecule has 1 aliphatic heterocycles. The number of nitrogens with zero attached hydrogens (tertiary/aromatic N) is 1. The minimum Gasteiger partial charge on any atom is -0.481 e. The van der Waals surface area contributed by atoms with Gasteiger partial charge in [0.25, 0.3) is 0 Å². The van der Waals surface area contributed by atoms with Gasteiger partial charge in [-0.1, -0.05) is 0 Å². The monoisotopic (exact) mass is 205 g/mol. The van der Waals surface area contributed by atoms with Crippen LogP contribution in [0.1, 0.15) is 6.42 Å². The number of carbonyl (C=O) groups is 1. The van der Waals surface area contributed by atoms with Crippen LogP contribution in [0.15, 0.2) is 0 Å². The molecule has 1 atom stereocenters. The van der Waals surface area contributed by atoms with Gasteiger partial charge in [0, 0.05) is 31.1 Å². The van der Waals surface area contributed by atoms with Gasteiger partial charge in [0.15, 0.2) is 0 Å². The van der Waals surface area contributed by atoms with E-state index in [9.17, 15) is 9.90 Å². The fourth-order valence-electron chi connectivity index (χ4n) is 1.35. The molecule has 0 bridgehead atoms. The summed E-state index contributed by atoms with van der Waals surface area (Å²) in [5.41, 5.74) is 0. The van der Waals surface area contributed by atoms with E-state index < -0.39 is 12.1 Å². The maximum Gasteiger partial charge on any atom is 0.306 e. The summed E-state index contributed by atoms with van der Waals surface area (Å²) in [6, 6.07) is 0. The first kappa shape index (κ1) is 10.8. The minimum atomic E-state index is -0.932. The summed E-state index contributed by atoms with van der Waals surface area (Å²) < 4.78 is 0.